The Labute approximate surface area is 106 Å². The highest BCUT2D eigenvalue weighted by Gasteiger charge is 1.94. The molecule has 0 saturated carbocycles. The van der Waals surface area contributed by atoms with Gasteiger partial charge in [-0.1, -0.05) is 35.5 Å². The van der Waals surface area contributed by atoms with E-state index in [-0.39, 0.29) is 0 Å². The lowest BCUT2D eigenvalue weighted by Gasteiger charge is -2.02. The van der Waals surface area contributed by atoms with Gasteiger partial charge in [-0.25, -0.2) is 0 Å². The molecule has 0 amide bonds. The minimum absolute atomic E-state index is 0.613. The molecule has 96 valence electrons. The summed E-state index contributed by atoms with van der Waals surface area (Å²) >= 11 is 0. The van der Waals surface area contributed by atoms with E-state index in [0.29, 0.717) is 6.42 Å². The minimum atomic E-state index is 0.613. The summed E-state index contributed by atoms with van der Waals surface area (Å²) in [6.45, 7) is 10.4. The van der Waals surface area contributed by atoms with E-state index in [1.54, 1.807) is 0 Å². The lowest BCUT2D eigenvalue weighted by Crippen LogP contribution is -1.84. The van der Waals surface area contributed by atoms with Crippen molar-refractivity contribution in [2.75, 3.05) is 0 Å². The Kier molecular flexibility index (Phi) is 9.41. The molecule has 0 rings (SSSR count). The molecule has 0 bridgehead atoms. The second kappa shape index (κ2) is 10.1. The Morgan fingerprint density at radius 3 is 2.12 bits per heavy atom. The SMILES string of the molecule is C=C(CCC=O)CC/C=C(\C)CCC=C(C)C. The Morgan fingerprint density at radius 2 is 1.53 bits per heavy atom. The molecule has 0 spiro atoms. The molecule has 0 aliphatic rings. The van der Waals surface area contributed by atoms with Crippen molar-refractivity contribution in [2.24, 2.45) is 0 Å². The number of carbonyl (C=O) groups excluding carboxylic acids is 1. The average Bonchev–Trinajstić information content (AvgIpc) is 2.25. The van der Waals surface area contributed by atoms with Crippen LogP contribution >= 0.6 is 0 Å². The lowest BCUT2D eigenvalue weighted by molar-refractivity contribution is -0.107. The molecule has 0 radical (unpaired) electrons. The summed E-state index contributed by atoms with van der Waals surface area (Å²) < 4.78 is 0. The summed E-state index contributed by atoms with van der Waals surface area (Å²) in [5.41, 5.74) is 4.02. The summed E-state index contributed by atoms with van der Waals surface area (Å²) in [4.78, 5) is 10.2. The van der Waals surface area contributed by atoms with E-state index in [4.69, 9.17) is 0 Å². The van der Waals surface area contributed by atoms with Gasteiger partial charge in [-0.3, -0.25) is 0 Å². The maximum absolute atomic E-state index is 10.2. The van der Waals surface area contributed by atoms with Crippen LogP contribution < -0.4 is 0 Å². The number of allylic oxidation sites excluding steroid dienone is 5. The molecule has 0 atom stereocenters. The molecule has 0 N–H and O–H groups in total. The summed E-state index contributed by atoms with van der Waals surface area (Å²) in [5.74, 6) is 0. The molecule has 1 nitrogen and oxygen atoms in total. The monoisotopic (exact) mass is 234 g/mol. The Bertz CT molecular complexity index is 291. The van der Waals surface area contributed by atoms with E-state index in [1.165, 1.54) is 16.7 Å². The van der Waals surface area contributed by atoms with Gasteiger partial charge in [0, 0.05) is 6.42 Å². The predicted octanol–water partition coefficient (Wildman–Crippen LogP) is 4.99. The highest BCUT2D eigenvalue weighted by molar-refractivity contribution is 5.49. The standard InChI is InChI=1S/C16H26O/c1-14(2)8-5-9-15(3)10-6-11-16(4)12-7-13-17/h8,10,13H,4-7,9,11-12H2,1-3H3/b15-10+. The van der Waals surface area contributed by atoms with Gasteiger partial charge in [0.15, 0.2) is 0 Å². The van der Waals surface area contributed by atoms with Gasteiger partial charge in [0.2, 0.25) is 0 Å². The molecular weight excluding hydrogens is 208 g/mol. The average molecular weight is 234 g/mol. The van der Waals surface area contributed by atoms with Gasteiger partial charge in [-0.15, -0.1) is 0 Å². The van der Waals surface area contributed by atoms with E-state index in [2.05, 4.69) is 39.5 Å². The quantitative estimate of drug-likeness (QED) is 0.405. The summed E-state index contributed by atoms with van der Waals surface area (Å²) in [5, 5.41) is 0. The Balaban J connectivity index is 3.72. The van der Waals surface area contributed by atoms with Crippen LogP contribution in [0.2, 0.25) is 0 Å². The van der Waals surface area contributed by atoms with Crippen LogP contribution in [0, 0.1) is 0 Å². The number of hydrogen-bond donors (Lipinski definition) is 0. The van der Waals surface area contributed by atoms with Crippen LogP contribution in [0.4, 0.5) is 0 Å². The highest BCUT2D eigenvalue weighted by atomic mass is 16.1. The number of hydrogen-bond acceptors (Lipinski definition) is 1. The van der Waals surface area contributed by atoms with Crippen LogP contribution in [-0.2, 0) is 4.79 Å². The third-order valence-corrected chi connectivity index (χ3v) is 2.70. The van der Waals surface area contributed by atoms with Crippen molar-refractivity contribution >= 4 is 6.29 Å². The van der Waals surface area contributed by atoms with Crippen molar-refractivity contribution in [1.82, 2.24) is 0 Å². The van der Waals surface area contributed by atoms with E-state index in [1.807, 2.05) is 0 Å². The topological polar surface area (TPSA) is 17.1 Å². The lowest BCUT2D eigenvalue weighted by atomic mass is 10.0. The van der Waals surface area contributed by atoms with Gasteiger partial charge in [-0.2, -0.15) is 0 Å². The fourth-order valence-corrected chi connectivity index (χ4v) is 1.60. The van der Waals surface area contributed by atoms with Crippen LogP contribution in [0.1, 0.15) is 59.3 Å². The van der Waals surface area contributed by atoms with Gasteiger partial charge >= 0.3 is 0 Å². The van der Waals surface area contributed by atoms with Gasteiger partial charge in [-0.05, 0) is 52.9 Å². The smallest absolute Gasteiger partial charge is 0.120 e. The summed E-state index contributed by atoms with van der Waals surface area (Å²) in [6.07, 6.45) is 11.3. The van der Waals surface area contributed by atoms with E-state index in [9.17, 15) is 4.79 Å². The van der Waals surface area contributed by atoms with E-state index in [0.717, 1.165) is 38.4 Å². The second-order valence-electron chi connectivity index (χ2n) is 4.86. The molecule has 0 aromatic heterocycles. The minimum Gasteiger partial charge on any atom is -0.303 e. The first-order valence-electron chi connectivity index (χ1n) is 6.45. The zero-order chi connectivity index (χ0) is 13.1. The van der Waals surface area contributed by atoms with E-state index >= 15 is 0 Å². The third kappa shape index (κ3) is 11.2. The van der Waals surface area contributed by atoms with Crippen LogP contribution in [0.5, 0.6) is 0 Å². The van der Waals surface area contributed by atoms with E-state index < -0.39 is 0 Å². The molecule has 0 saturated heterocycles. The van der Waals surface area contributed by atoms with Crippen molar-refractivity contribution < 1.29 is 4.79 Å². The van der Waals surface area contributed by atoms with Crippen molar-refractivity contribution in [3.05, 3.63) is 35.5 Å². The zero-order valence-corrected chi connectivity index (χ0v) is 11.6. The number of carbonyl (C=O) groups is 1. The van der Waals surface area contributed by atoms with Gasteiger partial charge in [0.1, 0.15) is 6.29 Å². The molecule has 0 aromatic carbocycles. The Hall–Kier alpha value is -1.11. The molecule has 0 unspecified atom stereocenters. The first kappa shape index (κ1) is 15.9. The molecule has 0 aromatic rings. The predicted molar refractivity (Wildman–Crippen MR) is 76.1 cm³/mol. The zero-order valence-electron chi connectivity index (χ0n) is 11.6. The van der Waals surface area contributed by atoms with Crippen molar-refractivity contribution in [2.45, 2.75) is 59.3 Å². The second-order valence-corrected chi connectivity index (χ2v) is 4.86. The van der Waals surface area contributed by atoms with Crippen LogP contribution in [0.15, 0.2) is 35.5 Å². The molecule has 1 heteroatoms. The first-order valence-corrected chi connectivity index (χ1v) is 6.45. The van der Waals surface area contributed by atoms with Gasteiger partial charge < -0.3 is 4.79 Å². The number of aldehydes is 1. The number of rotatable bonds is 9. The van der Waals surface area contributed by atoms with Gasteiger partial charge in [0.25, 0.3) is 0 Å². The fourth-order valence-electron chi connectivity index (χ4n) is 1.60. The van der Waals surface area contributed by atoms with Crippen LogP contribution in [0.3, 0.4) is 0 Å². The summed E-state index contributed by atoms with van der Waals surface area (Å²) in [6, 6.07) is 0. The maximum atomic E-state index is 10.2. The molecule has 17 heavy (non-hydrogen) atoms. The molecular formula is C16H26O. The molecule has 0 fully saturated rings. The van der Waals surface area contributed by atoms with Crippen molar-refractivity contribution in [3.8, 4) is 0 Å². The van der Waals surface area contributed by atoms with Crippen LogP contribution in [0.25, 0.3) is 0 Å². The van der Waals surface area contributed by atoms with Gasteiger partial charge in [0.05, 0.1) is 0 Å². The maximum Gasteiger partial charge on any atom is 0.120 e. The normalized spacial score (nSPS) is 11.1. The van der Waals surface area contributed by atoms with Crippen molar-refractivity contribution in [1.29, 1.82) is 0 Å². The molecule has 0 heterocycles. The largest absolute Gasteiger partial charge is 0.303 e. The van der Waals surface area contributed by atoms with Crippen LogP contribution in [-0.4, -0.2) is 6.29 Å². The molecule has 0 aliphatic heterocycles. The van der Waals surface area contributed by atoms with Crippen molar-refractivity contribution in [3.63, 3.8) is 0 Å². The third-order valence-electron chi connectivity index (χ3n) is 2.70. The highest BCUT2D eigenvalue weighted by Crippen LogP contribution is 2.13. The fraction of sp³-hybridized carbons (Fsp3) is 0.562. The summed E-state index contributed by atoms with van der Waals surface area (Å²) in [7, 11) is 0. The Morgan fingerprint density at radius 1 is 0.941 bits per heavy atom. The molecule has 0 aliphatic carbocycles. The first-order chi connectivity index (χ1) is 8.06.